The fourth-order valence-corrected chi connectivity index (χ4v) is 3.55. The van der Waals surface area contributed by atoms with E-state index in [9.17, 15) is 8.42 Å². The highest BCUT2D eigenvalue weighted by Crippen LogP contribution is 2.26. The number of benzene rings is 1. The molecule has 7 heteroatoms. The van der Waals surface area contributed by atoms with Crippen molar-refractivity contribution in [2.24, 2.45) is 0 Å². The topological polar surface area (TPSA) is 64.0 Å². The van der Waals surface area contributed by atoms with Crippen molar-refractivity contribution in [2.75, 3.05) is 4.72 Å². The van der Waals surface area contributed by atoms with E-state index >= 15 is 0 Å². The molecule has 0 saturated heterocycles. The van der Waals surface area contributed by atoms with Gasteiger partial charge in [-0.1, -0.05) is 13.0 Å². The molecule has 2 rings (SSSR count). The summed E-state index contributed by atoms with van der Waals surface area (Å²) in [5, 5.41) is 0.0434. The van der Waals surface area contributed by atoms with Crippen molar-refractivity contribution in [3.63, 3.8) is 0 Å². The summed E-state index contributed by atoms with van der Waals surface area (Å²) < 4.78 is 30.0. The Morgan fingerprint density at radius 2 is 2.05 bits per heavy atom. The molecule has 0 aliphatic rings. The number of hydrogen-bond acceptors (Lipinski definition) is 3. The average Bonchev–Trinajstić information content (AvgIpc) is 2.77. The second-order valence-corrected chi connectivity index (χ2v) is 7.39. The Morgan fingerprint density at radius 3 is 2.71 bits per heavy atom. The lowest BCUT2D eigenvalue weighted by Crippen LogP contribution is -2.14. The molecule has 114 valence electrons. The average molecular weight is 372 g/mol. The standard InChI is InChI=1S/C14H18BrN3O2S/c1-4-7-18-9-14(16-11(18)3)21(19,20)17-13-8-10(2)5-6-12(13)15/h5-6,8-9,17H,4,7H2,1-3H3. The van der Waals surface area contributed by atoms with Crippen LogP contribution < -0.4 is 4.72 Å². The molecule has 0 unspecified atom stereocenters. The van der Waals surface area contributed by atoms with Crippen molar-refractivity contribution in [2.45, 2.75) is 38.8 Å². The second kappa shape index (κ2) is 6.19. The first-order chi connectivity index (χ1) is 9.83. The van der Waals surface area contributed by atoms with Gasteiger partial charge in [0.05, 0.1) is 5.69 Å². The molecule has 1 heterocycles. The van der Waals surface area contributed by atoms with E-state index < -0.39 is 10.0 Å². The van der Waals surface area contributed by atoms with E-state index in [1.807, 2.05) is 30.5 Å². The van der Waals surface area contributed by atoms with Crippen LogP contribution in [0.25, 0.3) is 0 Å². The molecule has 0 fully saturated rings. The molecule has 1 aromatic heterocycles. The summed E-state index contributed by atoms with van der Waals surface area (Å²) in [6.45, 7) is 6.50. The Bertz CT molecular complexity index is 754. The maximum atomic E-state index is 12.4. The molecule has 0 saturated carbocycles. The Kier molecular flexibility index (Phi) is 4.73. The zero-order valence-electron chi connectivity index (χ0n) is 12.2. The van der Waals surface area contributed by atoms with Crippen LogP contribution >= 0.6 is 15.9 Å². The van der Waals surface area contributed by atoms with Gasteiger partial charge in [-0.05, 0) is 53.9 Å². The first-order valence-electron chi connectivity index (χ1n) is 6.66. The van der Waals surface area contributed by atoms with Crippen LogP contribution in [-0.4, -0.2) is 18.0 Å². The number of aryl methyl sites for hydroxylation is 3. The number of rotatable bonds is 5. The van der Waals surface area contributed by atoms with Gasteiger partial charge in [-0.15, -0.1) is 0 Å². The maximum absolute atomic E-state index is 12.4. The van der Waals surface area contributed by atoms with Gasteiger partial charge in [-0.3, -0.25) is 4.72 Å². The van der Waals surface area contributed by atoms with Crippen LogP contribution in [0.1, 0.15) is 24.7 Å². The van der Waals surface area contributed by atoms with Crippen LogP contribution in [0.2, 0.25) is 0 Å². The highest BCUT2D eigenvalue weighted by molar-refractivity contribution is 9.10. The van der Waals surface area contributed by atoms with Crippen LogP contribution in [0.3, 0.4) is 0 Å². The quantitative estimate of drug-likeness (QED) is 0.874. The van der Waals surface area contributed by atoms with Gasteiger partial charge < -0.3 is 4.57 Å². The third kappa shape index (κ3) is 3.65. The molecule has 0 spiro atoms. The van der Waals surface area contributed by atoms with E-state index in [0.717, 1.165) is 18.5 Å². The van der Waals surface area contributed by atoms with Crippen LogP contribution in [0.4, 0.5) is 5.69 Å². The van der Waals surface area contributed by atoms with Crippen LogP contribution in [0.5, 0.6) is 0 Å². The van der Waals surface area contributed by atoms with Gasteiger partial charge in [0.25, 0.3) is 10.0 Å². The SMILES string of the molecule is CCCn1cc(S(=O)(=O)Nc2cc(C)ccc2Br)nc1C. The Labute approximate surface area is 133 Å². The van der Waals surface area contributed by atoms with Crippen molar-refractivity contribution in [3.05, 3.63) is 40.3 Å². The van der Waals surface area contributed by atoms with Gasteiger partial charge in [-0.25, -0.2) is 4.98 Å². The van der Waals surface area contributed by atoms with E-state index in [4.69, 9.17) is 0 Å². The van der Waals surface area contributed by atoms with Crippen molar-refractivity contribution in [1.82, 2.24) is 9.55 Å². The molecule has 0 aliphatic carbocycles. The van der Waals surface area contributed by atoms with Crippen LogP contribution in [0.15, 0.2) is 33.9 Å². The van der Waals surface area contributed by atoms with Crippen molar-refractivity contribution < 1.29 is 8.42 Å². The minimum absolute atomic E-state index is 0.0434. The number of imidazole rings is 1. The minimum Gasteiger partial charge on any atom is -0.334 e. The van der Waals surface area contributed by atoms with Crippen LogP contribution in [0, 0.1) is 13.8 Å². The number of halogens is 1. The number of hydrogen-bond donors (Lipinski definition) is 1. The fraction of sp³-hybridized carbons (Fsp3) is 0.357. The van der Waals surface area contributed by atoms with E-state index in [0.29, 0.717) is 16.0 Å². The summed E-state index contributed by atoms with van der Waals surface area (Å²) in [4.78, 5) is 4.15. The third-order valence-corrected chi connectivity index (χ3v) is 4.99. The smallest absolute Gasteiger partial charge is 0.280 e. The van der Waals surface area contributed by atoms with E-state index in [1.54, 1.807) is 19.2 Å². The van der Waals surface area contributed by atoms with Gasteiger partial charge in [-0.2, -0.15) is 8.42 Å². The molecule has 21 heavy (non-hydrogen) atoms. The van der Waals surface area contributed by atoms with Crippen molar-refractivity contribution >= 4 is 31.6 Å². The predicted molar refractivity (Wildman–Crippen MR) is 86.9 cm³/mol. The summed E-state index contributed by atoms with van der Waals surface area (Å²) in [7, 11) is -3.68. The monoisotopic (exact) mass is 371 g/mol. The molecule has 0 atom stereocenters. The molecule has 0 radical (unpaired) electrons. The minimum atomic E-state index is -3.68. The normalized spacial score (nSPS) is 11.6. The van der Waals surface area contributed by atoms with E-state index in [1.165, 1.54) is 0 Å². The number of nitrogens with one attached hydrogen (secondary N) is 1. The number of sulfonamides is 1. The molecule has 1 N–H and O–H groups in total. The van der Waals surface area contributed by atoms with Gasteiger partial charge >= 0.3 is 0 Å². The molecular weight excluding hydrogens is 354 g/mol. The van der Waals surface area contributed by atoms with Gasteiger partial charge in [0.2, 0.25) is 0 Å². The number of aromatic nitrogens is 2. The molecule has 0 aliphatic heterocycles. The first-order valence-corrected chi connectivity index (χ1v) is 8.94. The molecule has 0 bridgehead atoms. The van der Waals surface area contributed by atoms with Gasteiger partial charge in [0.15, 0.2) is 5.03 Å². The second-order valence-electron chi connectivity index (χ2n) is 4.91. The van der Waals surface area contributed by atoms with E-state index in [2.05, 4.69) is 25.6 Å². The molecule has 2 aromatic rings. The first kappa shape index (κ1) is 16.0. The lowest BCUT2D eigenvalue weighted by atomic mass is 10.2. The lowest BCUT2D eigenvalue weighted by Gasteiger charge is -2.08. The largest absolute Gasteiger partial charge is 0.334 e. The van der Waals surface area contributed by atoms with Crippen LogP contribution in [-0.2, 0) is 16.6 Å². The zero-order chi connectivity index (χ0) is 15.6. The summed E-state index contributed by atoms with van der Waals surface area (Å²) >= 11 is 3.35. The number of nitrogens with zero attached hydrogens (tertiary/aromatic N) is 2. The van der Waals surface area contributed by atoms with Crippen molar-refractivity contribution in [3.8, 4) is 0 Å². The summed E-state index contributed by atoms with van der Waals surface area (Å²) in [5.74, 6) is 0.695. The molecular formula is C14H18BrN3O2S. The Morgan fingerprint density at radius 1 is 1.33 bits per heavy atom. The van der Waals surface area contributed by atoms with Gasteiger partial charge in [0, 0.05) is 17.2 Å². The third-order valence-electron chi connectivity index (χ3n) is 3.06. The maximum Gasteiger partial charge on any atom is 0.280 e. The highest BCUT2D eigenvalue weighted by atomic mass is 79.9. The summed E-state index contributed by atoms with van der Waals surface area (Å²) in [6, 6.07) is 5.49. The fourth-order valence-electron chi connectivity index (χ4n) is 1.99. The Balaban J connectivity index is 2.34. The lowest BCUT2D eigenvalue weighted by molar-refractivity contribution is 0.597. The Hall–Kier alpha value is -1.34. The van der Waals surface area contributed by atoms with Crippen molar-refractivity contribution in [1.29, 1.82) is 0 Å². The summed E-state index contributed by atoms with van der Waals surface area (Å²) in [6.07, 6.45) is 2.50. The van der Waals surface area contributed by atoms with Gasteiger partial charge in [0.1, 0.15) is 5.82 Å². The number of anilines is 1. The molecule has 0 amide bonds. The summed E-state index contributed by atoms with van der Waals surface area (Å²) in [5.41, 5.74) is 1.49. The predicted octanol–water partition coefficient (Wildman–Crippen LogP) is 3.47. The highest BCUT2D eigenvalue weighted by Gasteiger charge is 2.20. The zero-order valence-corrected chi connectivity index (χ0v) is 14.6. The molecule has 1 aromatic carbocycles. The molecule has 5 nitrogen and oxygen atoms in total. The van der Waals surface area contributed by atoms with E-state index in [-0.39, 0.29) is 5.03 Å².